The highest BCUT2D eigenvalue weighted by molar-refractivity contribution is 6.03. The zero-order valence-corrected chi connectivity index (χ0v) is 11.7. The van der Waals surface area contributed by atoms with Crippen LogP contribution >= 0.6 is 0 Å². The van der Waals surface area contributed by atoms with Crippen molar-refractivity contribution in [3.8, 4) is 0 Å². The molecule has 0 spiro atoms. The number of esters is 1. The van der Waals surface area contributed by atoms with Crippen LogP contribution < -0.4 is 5.56 Å². The van der Waals surface area contributed by atoms with Gasteiger partial charge < -0.3 is 19.4 Å². The molecule has 0 aliphatic carbocycles. The molecule has 1 aromatic carbocycles. The first-order chi connectivity index (χ1) is 10.6. The number of fused-ring (bicyclic) bond motifs is 1. The minimum atomic E-state index is -0.588. The maximum Gasteiger partial charge on any atom is 0.410 e. The Morgan fingerprint density at radius 3 is 2.91 bits per heavy atom. The first kappa shape index (κ1) is 14.1. The van der Waals surface area contributed by atoms with Crippen molar-refractivity contribution in [3.05, 3.63) is 46.2 Å². The monoisotopic (exact) mass is 302 g/mol. The summed E-state index contributed by atoms with van der Waals surface area (Å²) < 4.78 is 9.94. The number of hydrogen-bond acceptors (Lipinski definition) is 5. The van der Waals surface area contributed by atoms with Crippen molar-refractivity contribution in [2.75, 3.05) is 26.3 Å². The molecule has 1 aliphatic rings. The first-order valence-electron chi connectivity index (χ1n) is 6.86. The van der Waals surface area contributed by atoms with Crippen LogP contribution in [-0.4, -0.2) is 48.2 Å². The van der Waals surface area contributed by atoms with Crippen LogP contribution in [0, 0.1) is 0 Å². The van der Waals surface area contributed by atoms with Gasteiger partial charge in [-0.15, -0.1) is 0 Å². The van der Waals surface area contributed by atoms with Gasteiger partial charge >= 0.3 is 12.1 Å². The van der Waals surface area contributed by atoms with Gasteiger partial charge in [0.1, 0.15) is 13.2 Å². The van der Waals surface area contributed by atoms with Crippen molar-refractivity contribution >= 4 is 23.0 Å². The van der Waals surface area contributed by atoms with Crippen molar-refractivity contribution in [1.82, 2.24) is 9.88 Å². The van der Waals surface area contributed by atoms with Crippen LogP contribution in [0.15, 0.2) is 35.1 Å². The van der Waals surface area contributed by atoms with Crippen LogP contribution in [0.5, 0.6) is 0 Å². The molecule has 0 unspecified atom stereocenters. The highest BCUT2D eigenvalue weighted by Crippen LogP contribution is 2.15. The number of benzene rings is 1. The van der Waals surface area contributed by atoms with Gasteiger partial charge in [0.25, 0.3) is 0 Å². The summed E-state index contributed by atoms with van der Waals surface area (Å²) in [5.74, 6) is -0.588. The second-order valence-electron chi connectivity index (χ2n) is 4.83. The van der Waals surface area contributed by atoms with Gasteiger partial charge in [-0.25, -0.2) is 9.59 Å². The van der Waals surface area contributed by atoms with Crippen LogP contribution in [-0.2, 0) is 9.47 Å². The molecule has 3 rings (SSSR count). The number of hydrogen-bond donors (Lipinski definition) is 1. The van der Waals surface area contributed by atoms with E-state index in [1.807, 2.05) is 0 Å². The third kappa shape index (κ3) is 2.78. The normalized spacial score (nSPS) is 14.2. The van der Waals surface area contributed by atoms with Crippen molar-refractivity contribution in [2.45, 2.75) is 0 Å². The lowest BCUT2D eigenvalue weighted by Gasteiger charge is -2.12. The van der Waals surface area contributed by atoms with Gasteiger partial charge in [-0.05, 0) is 6.07 Å². The highest BCUT2D eigenvalue weighted by Gasteiger charge is 2.22. The maximum absolute atomic E-state index is 12.2. The summed E-state index contributed by atoms with van der Waals surface area (Å²) in [6.07, 6.45) is -0.405. The second kappa shape index (κ2) is 5.88. The van der Waals surface area contributed by atoms with Crippen LogP contribution in [0.4, 0.5) is 4.79 Å². The fourth-order valence-corrected chi connectivity index (χ4v) is 2.33. The third-order valence-corrected chi connectivity index (χ3v) is 3.41. The highest BCUT2D eigenvalue weighted by atomic mass is 16.6. The van der Waals surface area contributed by atoms with Crippen molar-refractivity contribution < 1.29 is 19.1 Å². The molecule has 22 heavy (non-hydrogen) atoms. The Morgan fingerprint density at radius 1 is 1.32 bits per heavy atom. The van der Waals surface area contributed by atoms with Crippen LogP contribution in [0.2, 0.25) is 0 Å². The summed E-state index contributed by atoms with van der Waals surface area (Å²) in [5.41, 5.74) is 0.419. The van der Waals surface area contributed by atoms with Gasteiger partial charge in [-0.2, -0.15) is 0 Å². The Bertz CT molecular complexity index is 783. The van der Waals surface area contributed by atoms with E-state index >= 15 is 0 Å². The van der Waals surface area contributed by atoms with Gasteiger partial charge in [-0.1, -0.05) is 18.2 Å². The smallest absolute Gasteiger partial charge is 0.410 e. The van der Waals surface area contributed by atoms with Gasteiger partial charge in [-0.3, -0.25) is 4.79 Å². The number of aromatic nitrogens is 1. The van der Waals surface area contributed by atoms with Crippen molar-refractivity contribution in [1.29, 1.82) is 0 Å². The fourth-order valence-electron chi connectivity index (χ4n) is 2.33. The summed E-state index contributed by atoms with van der Waals surface area (Å²) in [6.45, 7) is 1.16. The molecule has 1 amide bonds. The lowest BCUT2D eigenvalue weighted by Crippen LogP contribution is -2.29. The molecule has 7 heteroatoms. The minimum absolute atomic E-state index is 0.0507. The predicted octanol–water partition coefficient (Wildman–Crippen LogP) is 1.14. The average molecular weight is 302 g/mol. The minimum Gasteiger partial charge on any atom is -0.460 e. The number of rotatable bonds is 4. The molecule has 1 N–H and O–H groups in total. The first-order valence-corrected chi connectivity index (χ1v) is 6.86. The average Bonchev–Trinajstić information content (AvgIpc) is 2.91. The SMILES string of the molecule is O=C(OCCN1CCOC1=O)c1cc(=O)[nH]c2ccccc12. The molecule has 1 fully saturated rings. The summed E-state index contributed by atoms with van der Waals surface area (Å²) in [5, 5.41) is 0.618. The third-order valence-electron chi connectivity index (χ3n) is 3.41. The Morgan fingerprint density at radius 2 is 2.14 bits per heavy atom. The molecule has 2 heterocycles. The van der Waals surface area contributed by atoms with Crippen LogP contribution in [0.1, 0.15) is 10.4 Å². The number of aromatic amines is 1. The fraction of sp³-hybridized carbons (Fsp3) is 0.267. The largest absolute Gasteiger partial charge is 0.460 e. The number of amides is 1. The van der Waals surface area contributed by atoms with E-state index in [0.29, 0.717) is 24.1 Å². The van der Waals surface area contributed by atoms with E-state index in [-0.39, 0.29) is 24.3 Å². The standard InChI is InChI=1S/C15H14N2O5/c18-13-9-11(10-3-1-2-4-12(10)16-13)14(19)21-7-5-17-6-8-22-15(17)20/h1-4,9H,5-8H2,(H,16,18). The van der Waals surface area contributed by atoms with Gasteiger partial charge in [0, 0.05) is 17.0 Å². The molecule has 114 valence electrons. The van der Waals surface area contributed by atoms with E-state index in [1.54, 1.807) is 24.3 Å². The molecular weight excluding hydrogens is 288 g/mol. The van der Waals surface area contributed by atoms with E-state index in [4.69, 9.17) is 9.47 Å². The molecule has 0 radical (unpaired) electrons. The number of para-hydroxylation sites is 1. The van der Waals surface area contributed by atoms with E-state index in [0.717, 1.165) is 0 Å². The number of H-pyrrole nitrogens is 1. The molecule has 7 nitrogen and oxygen atoms in total. The van der Waals surface area contributed by atoms with E-state index in [2.05, 4.69) is 4.98 Å². The number of pyridine rings is 1. The molecular formula is C15H14N2O5. The second-order valence-corrected chi connectivity index (χ2v) is 4.83. The lowest BCUT2D eigenvalue weighted by atomic mass is 10.1. The molecule has 1 aromatic heterocycles. The van der Waals surface area contributed by atoms with Crippen molar-refractivity contribution in [3.63, 3.8) is 0 Å². The van der Waals surface area contributed by atoms with Crippen LogP contribution in [0.3, 0.4) is 0 Å². The quantitative estimate of drug-likeness (QED) is 0.855. The Balaban J connectivity index is 1.72. The van der Waals surface area contributed by atoms with Crippen LogP contribution in [0.25, 0.3) is 10.9 Å². The Kier molecular flexibility index (Phi) is 3.78. The van der Waals surface area contributed by atoms with Gasteiger partial charge in [0.15, 0.2) is 0 Å². The molecule has 1 saturated heterocycles. The van der Waals surface area contributed by atoms with Gasteiger partial charge in [0.2, 0.25) is 5.56 Å². The van der Waals surface area contributed by atoms with E-state index < -0.39 is 12.1 Å². The number of carbonyl (C=O) groups excluding carboxylic acids is 2. The summed E-state index contributed by atoms with van der Waals surface area (Å²) in [7, 11) is 0. The number of nitrogens with zero attached hydrogens (tertiary/aromatic N) is 1. The van der Waals surface area contributed by atoms with E-state index in [1.165, 1.54) is 11.0 Å². The van der Waals surface area contributed by atoms with Crippen molar-refractivity contribution in [2.24, 2.45) is 0 Å². The Hall–Kier alpha value is -2.83. The summed E-state index contributed by atoms with van der Waals surface area (Å²) in [4.78, 5) is 39.1. The summed E-state index contributed by atoms with van der Waals surface area (Å²) in [6, 6.07) is 8.21. The molecule has 0 atom stereocenters. The molecule has 0 saturated carbocycles. The zero-order chi connectivity index (χ0) is 15.5. The number of ether oxygens (including phenoxy) is 2. The zero-order valence-electron chi connectivity index (χ0n) is 11.7. The predicted molar refractivity (Wildman–Crippen MR) is 77.8 cm³/mol. The molecule has 0 bridgehead atoms. The van der Waals surface area contributed by atoms with Gasteiger partial charge in [0.05, 0.1) is 18.7 Å². The Labute approximate surface area is 125 Å². The lowest BCUT2D eigenvalue weighted by molar-refractivity contribution is 0.0479. The molecule has 2 aromatic rings. The van der Waals surface area contributed by atoms with E-state index in [9.17, 15) is 14.4 Å². The summed E-state index contributed by atoms with van der Waals surface area (Å²) >= 11 is 0. The number of nitrogens with one attached hydrogen (secondary N) is 1. The topological polar surface area (TPSA) is 88.7 Å². The number of carbonyl (C=O) groups is 2. The number of cyclic esters (lactones) is 1. The molecule has 1 aliphatic heterocycles. The maximum atomic E-state index is 12.2.